The molecule has 0 atom stereocenters. The Morgan fingerprint density at radius 3 is 2.56 bits per heavy atom. The van der Waals surface area contributed by atoms with Crippen molar-refractivity contribution in [2.45, 2.75) is 25.7 Å². The summed E-state index contributed by atoms with van der Waals surface area (Å²) < 4.78 is 25.7. The third-order valence-corrected chi connectivity index (χ3v) is 3.28. The van der Waals surface area contributed by atoms with Gasteiger partial charge in [0, 0.05) is 0 Å². The number of rotatable bonds is 3. The number of hydrogen-bond acceptors (Lipinski definition) is 1. The van der Waals surface area contributed by atoms with Crippen LogP contribution in [0.3, 0.4) is 0 Å². The topological polar surface area (TPSA) is 12.0 Å². The van der Waals surface area contributed by atoms with Gasteiger partial charge in [-0.3, -0.25) is 0 Å². The lowest BCUT2D eigenvalue weighted by molar-refractivity contribution is 0.354. The summed E-state index contributed by atoms with van der Waals surface area (Å²) in [6.45, 7) is 2.17. The van der Waals surface area contributed by atoms with Gasteiger partial charge in [0.2, 0.25) is 0 Å². The van der Waals surface area contributed by atoms with Crippen LogP contribution >= 0.6 is 0 Å². The molecule has 0 aliphatic carbocycles. The van der Waals surface area contributed by atoms with Gasteiger partial charge in [0.25, 0.3) is 0 Å². The second kappa shape index (κ2) is 5.39. The average Bonchev–Trinajstić information content (AvgIpc) is 2.32. The first-order valence-corrected chi connectivity index (χ1v) is 5.90. The van der Waals surface area contributed by atoms with Gasteiger partial charge in [-0.2, -0.15) is 0 Å². The van der Waals surface area contributed by atoms with Gasteiger partial charge in [0.1, 0.15) is 0 Å². The molecule has 0 unspecified atom stereocenters. The Morgan fingerprint density at radius 1 is 1.12 bits per heavy atom. The monoisotopic (exact) mass is 225 g/mol. The molecule has 1 heterocycles. The van der Waals surface area contributed by atoms with Crippen LogP contribution in [0.25, 0.3) is 0 Å². The van der Waals surface area contributed by atoms with Crippen molar-refractivity contribution in [2.75, 3.05) is 13.1 Å². The zero-order valence-electron chi connectivity index (χ0n) is 9.31. The number of nitrogens with one attached hydrogen (secondary N) is 1. The maximum atomic E-state index is 13.0. The molecule has 2 rings (SSSR count). The highest BCUT2D eigenvalue weighted by atomic mass is 19.2. The minimum Gasteiger partial charge on any atom is -0.317 e. The maximum absolute atomic E-state index is 13.0. The molecule has 1 aromatic rings. The fourth-order valence-corrected chi connectivity index (χ4v) is 2.24. The summed E-state index contributed by atoms with van der Waals surface area (Å²) in [6, 6.07) is 4.21. The van der Waals surface area contributed by atoms with Gasteiger partial charge in [0.15, 0.2) is 11.6 Å². The van der Waals surface area contributed by atoms with Crippen molar-refractivity contribution in [3.05, 3.63) is 35.4 Å². The highest BCUT2D eigenvalue weighted by Gasteiger charge is 2.13. The van der Waals surface area contributed by atoms with Crippen LogP contribution < -0.4 is 5.32 Å². The molecule has 3 heteroatoms. The lowest BCUT2D eigenvalue weighted by Gasteiger charge is -2.22. The first kappa shape index (κ1) is 11.5. The van der Waals surface area contributed by atoms with Gasteiger partial charge in [-0.25, -0.2) is 8.78 Å². The van der Waals surface area contributed by atoms with Crippen molar-refractivity contribution in [2.24, 2.45) is 5.92 Å². The summed E-state index contributed by atoms with van der Waals surface area (Å²) in [6.07, 6.45) is 4.32. The van der Waals surface area contributed by atoms with E-state index < -0.39 is 11.6 Å². The summed E-state index contributed by atoms with van der Waals surface area (Å²) >= 11 is 0. The molecular formula is C13H17F2N. The van der Waals surface area contributed by atoms with E-state index in [1.807, 2.05) is 0 Å². The summed E-state index contributed by atoms with van der Waals surface area (Å²) in [7, 11) is 0. The highest BCUT2D eigenvalue weighted by Crippen LogP contribution is 2.19. The molecule has 0 radical (unpaired) electrons. The van der Waals surface area contributed by atoms with Gasteiger partial charge >= 0.3 is 0 Å². The predicted molar refractivity (Wildman–Crippen MR) is 60.3 cm³/mol. The molecule has 0 bridgehead atoms. The van der Waals surface area contributed by atoms with Crippen LogP contribution in [0.5, 0.6) is 0 Å². The molecule has 0 spiro atoms. The van der Waals surface area contributed by atoms with E-state index >= 15 is 0 Å². The number of piperidine rings is 1. The third-order valence-electron chi connectivity index (χ3n) is 3.28. The molecule has 1 saturated heterocycles. The number of hydrogen-bond donors (Lipinski definition) is 1. The van der Waals surface area contributed by atoms with Gasteiger partial charge in [-0.05, 0) is 62.4 Å². The standard InChI is InChI=1S/C13H17F2N/c14-12-4-3-11(9-13(12)15)2-1-10-5-7-16-8-6-10/h3-4,9-10,16H,1-2,5-8H2. The largest absolute Gasteiger partial charge is 0.317 e. The van der Waals surface area contributed by atoms with E-state index in [1.165, 1.54) is 25.0 Å². The molecule has 0 saturated carbocycles. The number of aryl methyl sites for hydroxylation is 1. The predicted octanol–water partition coefficient (Wildman–Crippen LogP) is 2.90. The van der Waals surface area contributed by atoms with Crippen molar-refractivity contribution in [1.82, 2.24) is 5.32 Å². The van der Waals surface area contributed by atoms with Crippen LogP contribution in [0.15, 0.2) is 18.2 Å². The van der Waals surface area contributed by atoms with Crippen molar-refractivity contribution in [3.8, 4) is 0 Å². The van der Waals surface area contributed by atoms with E-state index in [4.69, 9.17) is 0 Å². The quantitative estimate of drug-likeness (QED) is 0.834. The van der Waals surface area contributed by atoms with E-state index in [-0.39, 0.29) is 0 Å². The molecule has 1 N–H and O–H groups in total. The van der Waals surface area contributed by atoms with Crippen LogP contribution in [-0.2, 0) is 6.42 Å². The second-order valence-corrected chi connectivity index (χ2v) is 4.48. The number of benzene rings is 1. The maximum Gasteiger partial charge on any atom is 0.159 e. The van der Waals surface area contributed by atoms with Crippen LogP contribution in [0.4, 0.5) is 8.78 Å². The van der Waals surface area contributed by atoms with E-state index in [1.54, 1.807) is 6.07 Å². The van der Waals surface area contributed by atoms with Crippen LogP contribution in [0, 0.1) is 17.6 Å². The summed E-state index contributed by atoms with van der Waals surface area (Å²) in [4.78, 5) is 0. The lowest BCUT2D eigenvalue weighted by atomic mass is 9.91. The zero-order chi connectivity index (χ0) is 11.4. The Kier molecular flexibility index (Phi) is 3.88. The minimum atomic E-state index is -0.759. The second-order valence-electron chi connectivity index (χ2n) is 4.48. The first-order chi connectivity index (χ1) is 7.75. The highest BCUT2D eigenvalue weighted by molar-refractivity contribution is 5.17. The fraction of sp³-hybridized carbons (Fsp3) is 0.538. The summed E-state index contributed by atoms with van der Waals surface area (Å²) in [5.74, 6) is -0.761. The Hall–Kier alpha value is -0.960. The molecule has 1 aliphatic heterocycles. The van der Waals surface area contributed by atoms with E-state index in [0.29, 0.717) is 0 Å². The van der Waals surface area contributed by atoms with Crippen molar-refractivity contribution in [1.29, 1.82) is 0 Å². The molecule has 1 nitrogen and oxygen atoms in total. The molecule has 1 aromatic carbocycles. The average molecular weight is 225 g/mol. The van der Waals surface area contributed by atoms with Crippen molar-refractivity contribution < 1.29 is 8.78 Å². The van der Waals surface area contributed by atoms with Crippen LogP contribution in [-0.4, -0.2) is 13.1 Å². The Morgan fingerprint density at radius 2 is 1.88 bits per heavy atom. The van der Waals surface area contributed by atoms with E-state index in [0.717, 1.165) is 37.4 Å². The number of halogens is 2. The van der Waals surface area contributed by atoms with Gasteiger partial charge < -0.3 is 5.32 Å². The fourth-order valence-electron chi connectivity index (χ4n) is 2.24. The third kappa shape index (κ3) is 3.01. The Bertz CT molecular complexity index is 346. The minimum absolute atomic E-state index is 0.731. The molecule has 88 valence electrons. The van der Waals surface area contributed by atoms with Gasteiger partial charge in [0.05, 0.1) is 0 Å². The van der Waals surface area contributed by atoms with E-state index in [2.05, 4.69) is 5.32 Å². The van der Waals surface area contributed by atoms with Gasteiger partial charge in [-0.1, -0.05) is 6.07 Å². The summed E-state index contributed by atoms with van der Waals surface area (Å²) in [5, 5.41) is 3.32. The molecule has 1 fully saturated rings. The molecule has 1 aliphatic rings. The van der Waals surface area contributed by atoms with Gasteiger partial charge in [-0.15, -0.1) is 0 Å². The molecule has 16 heavy (non-hydrogen) atoms. The summed E-state index contributed by atoms with van der Waals surface area (Å²) in [5.41, 5.74) is 0.900. The van der Waals surface area contributed by atoms with E-state index in [9.17, 15) is 8.78 Å². The molecule has 0 amide bonds. The smallest absolute Gasteiger partial charge is 0.159 e. The first-order valence-electron chi connectivity index (χ1n) is 5.90. The Labute approximate surface area is 94.9 Å². The lowest BCUT2D eigenvalue weighted by Crippen LogP contribution is -2.27. The molecule has 0 aromatic heterocycles. The molecular weight excluding hydrogens is 208 g/mol. The van der Waals surface area contributed by atoms with Crippen LogP contribution in [0.2, 0.25) is 0 Å². The van der Waals surface area contributed by atoms with Crippen molar-refractivity contribution in [3.63, 3.8) is 0 Å². The Balaban J connectivity index is 1.86. The normalized spacial score (nSPS) is 17.6. The SMILES string of the molecule is Fc1ccc(CCC2CCNCC2)cc1F. The zero-order valence-corrected chi connectivity index (χ0v) is 9.31. The van der Waals surface area contributed by atoms with Crippen molar-refractivity contribution >= 4 is 0 Å². The van der Waals surface area contributed by atoms with Crippen LogP contribution in [0.1, 0.15) is 24.8 Å².